The molecule has 144 valence electrons. The number of esters is 1. The van der Waals surface area contributed by atoms with Crippen molar-refractivity contribution in [1.29, 1.82) is 0 Å². The second-order valence-electron chi connectivity index (χ2n) is 5.41. The maximum atomic E-state index is 12.1. The Morgan fingerprint density at radius 3 is 2.25 bits per heavy atom. The molecule has 0 aliphatic rings. The number of oxazole rings is 1. The topological polar surface area (TPSA) is 81.4 Å². The summed E-state index contributed by atoms with van der Waals surface area (Å²) in [6, 6.07) is 7.78. The first-order valence-electron chi connectivity index (χ1n) is 7.65. The number of halogens is 4. The molecule has 3 rings (SSSR count). The van der Waals surface area contributed by atoms with E-state index in [1.54, 1.807) is 30.5 Å². The second-order valence-corrected chi connectivity index (χ2v) is 6.98. The largest absolute Gasteiger partial charge is 0.452 e. The van der Waals surface area contributed by atoms with Crippen molar-refractivity contribution in [3.05, 3.63) is 68.6 Å². The molecular formula is C18H10Cl4N2O4. The zero-order valence-corrected chi connectivity index (χ0v) is 16.9. The van der Waals surface area contributed by atoms with E-state index in [1.807, 2.05) is 0 Å². The molecule has 0 spiro atoms. The van der Waals surface area contributed by atoms with Crippen molar-refractivity contribution < 1.29 is 18.7 Å². The molecule has 0 saturated heterocycles. The lowest BCUT2D eigenvalue weighted by atomic mass is 10.1. The van der Waals surface area contributed by atoms with Crippen LogP contribution in [0.3, 0.4) is 0 Å². The molecule has 0 fully saturated rings. The quantitative estimate of drug-likeness (QED) is 0.388. The summed E-state index contributed by atoms with van der Waals surface area (Å²) >= 11 is 23.9. The molecule has 6 nitrogen and oxygen atoms in total. The summed E-state index contributed by atoms with van der Waals surface area (Å²) in [4.78, 5) is 28.0. The van der Waals surface area contributed by atoms with Crippen molar-refractivity contribution >= 4 is 64.0 Å². The molecule has 1 heterocycles. The Bertz CT molecular complexity index is 995. The van der Waals surface area contributed by atoms with E-state index < -0.39 is 18.5 Å². The van der Waals surface area contributed by atoms with Gasteiger partial charge in [-0.15, -0.1) is 0 Å². The smallest absolute Gasteiger partial charge is 0.338 e. The number of carbonyl (C=O) groups excluding carboxylic acids is 2. The fourth-order valence-corrected chi connectivity index (χ4v) is 3.11. The van der Waals surface area contributed by atoms with Gasteiger partial charge in [0.05, 0.1) is 37.5 Å². The average Bonchev–Trinajstić information content (AvgIpc) is 3.23. The summed E-state index contributed by atoms with van der Waals surface area (Å²) < 4.78 is 10.2. The number of anilines is 1. The minimum Gasteiger partial charge on any atom is -0.452 e. The van der Waals surface area contributed by atoms with E-state index in [1.165, 1.54) is 12.5 Å². The Morgan fingerprint density at radius 2 is 1.68 bits per heavy atom. The minimum absolute atomic E-state index is 0.0266. The number of hydrogen-bond acceptors (Lipinski definition) is 5. The van der Waals surface area contributed by atoms with Crippen LogP contribution in [0.4, 0.5) is 5.69 Å². The molecule has 0 atom stereocenters. The van der Waals surface area contributed by atoms with Gasteiger partial charge in [-0.25, -0.2) is 9.78 Å². The minimum atomic E-state index is -0.680. The van der Waals surface area contributed by atoms with Crippen molar-refractivity contribution in [2.45, 2.75) is 0 Å². The van der Waals surface area contributed by atoms with Gasteiger partial charge in [-0.3, -0.25) is 4.79 Å². The highest BCUT2D eigenvalue weighted by molar-refractivity contribution is 6.50. The lowest BCUT2D eigenvalue weighted by Crippen LogP contribution is -2.21. The van der Waals surface area contributed by atoms with E-state index in [2.05, 4.69) is 10.3 Å². The van der Waals surface area contributed by atoms with Crippen molar-refractivity contribution in [3.63, 3.8) is 0 Å². The fourth-order valence-electron chi connectivity index (χ4n) is 2.20. The highest BCUT2D eigenvalue weighted by Gasteiger charge is 2.17. The Labute approximate surface area is 179 Å². The molecule has 0 aliphatic heterocycles. The number of hydrogen-bond donors (Lipinski definition) is 1. The zero-order chi connectivity index (χ0) is 20.3. The molecule has 1 N–H and O–H groups in total. The van der Waals surface area contributed by atoms with Gasteiger partial charge in [-0.2, -0.15) is 0 Å². The van der Waals surface area contributed by atoms with E-state index in [9.17, 15) is 9.59 Å². The third-order valence-corrected chi connectivity index (χ3v) is 5.12. The summed E-state index contributed by atoms with van der Waals surface area (Å²) in [6.07, 6.45) is 2.86. The van der Waals surface area contributed by atoms with Crippen LogP contribution in [0.2, 0.25) is 20.1 Å². The number of rotatable bonds is 5. The standard InChI is InChI=1S/C18H10Cl4N2O4/c19-11-5-12(20)16(22)17(15(11)21)24-14(25)7-27-18(26)10-3-1-9(2-4-10)13-6-23-8-28-13/h1-6,8H,7H2,(H,24,25). The monoisotopic (exact) mass is 458 g/mol. The first kappa shape index (κ1) is 20.5. The number of aromatic nitrogens is 1. The molecule has 1 aromatic heterocycles. The van der Waals surface area contributed by atoms with Gasteiger partial charge in [0.15, 0.2) is 18.8 Å². The Kier molecular flexibility index (Phi) is 6.46. The molecule has 10 heteroatoms. The first-order valence-corrected chi connectivity index (χ1v) is 9.17. The zero-order valence-electron chi connectivity index (χ0n) is 13.8. The number of nitrogens with one attached hydrogen (secondary N) is 1. The predicted octanol–water partition coefficient (Wildman–Crippen LogP) is 5.75. The summed E-state index contributed by atoms with van der Waals surface area (Å²) in [7, 11) is 0. The Hall–Kier alpha value is -2.25. The maximum Gasteiger partial charge on any atom is 0.338 e. The highest BCUT2D eigenvalue weighted by Crippen LogP contribution is 2.40. The molecular weight excluding hydrogens is 450 g/mol. The molecule has 2 aromatic carbocycles. The molecule has 0 saturated carbocycles. The Morgan fingerprint density at radius 1 is 1.04 bits per heavy atom. The third-order valence-electron chi connectivity index (χ3n) is 3.55. The molecule has 1 amide bonds. The summed E-state index contributed by atoms with van der Waals surface area (Å²) in [5.41, 5.74) is 1.05. The number of amides is 1. The summed E-state index contributed by atoms with van der Waals surface area (Å²) in [5, 5.41) is 2.72. The van der Waals surface area contributed by atoms with Gasteiger partial charge in [-0.05, 0) is 18.2 Å². The van der Waals surface area contributed by atoms with Crippen LogP contribution in [-0.2, 0) is 9.53 Å². The van der Waals surface area contributed by atoms with E-state index >= 15 is 0 Å². The van der Waals surface area contributed by atoms with Crippen LogP contribution in [-0.4, -0.2) is 23.5 Å². The molecule has 28 heavy (non-hydrogen) atoms. The van der Waals surface area contributed by atoms with Crippen molar-refractivity contribution in [2.24, 2.45) is 0 Å². The highest BCUT2D eigenvalue weighted by atomic mass is 35.5. The normalized spacial score (nSPS) is 10.6. The number of nitrogens with zero attached hydrogens (tertiary/aromatic N) is 1. The van der Waals surface area contributed by atoms with Crippen LogP contribution < -0.4 is 5.32 Å². The SMILES string of the molecule is O=C(COC(=O)c1ccc(-c2cnco2)cc1)Nc1c(Cl)c(Cl)cc(Cl)c1Cl. The molecule has 0 aliphatic carbocycles. The van der Waals surface area contributed by atoms with Gasteiger partial charge in [0.25, 0.3) is 5.91 Å². The summed E-state index contributed by atoms with van der Waals surface area (Å²) in [5.74, 6) is -0.775. The Balaban J connectivity index is 1.61. The lowest BCUT2D eigenvalue weighted by Gasteiger charge is -2.12. The van der Waals surface area contributed by atoms with Crippen molar-refractivity contribution in [3.8, 4) is 11.3 Å². The van der Waals surface area contributed by atoms with Crippen LogP contribution in [0.25, 0.3) is 11.3 Å². The number of benzene rings is 2. The molecule has 0 radical (unpaired) electrons. The van der Waals surface area contributed by atoms with E-state index in [-0.39, 0.29) is 31.3 Å². The molecule has 0 bridgehead atoms. The average molecular weight is 460 g/mol. The van der Waals surface area contributed by atoms with Crippen LogP contribution in [0.5, 0.6) is 0 Å². The van der Waals surface area contributed by atoms with E-state index in [0.717, 1.165) is 5.56 Å². The first-order chi connectivity index (χ1) is 13.4. The summed E-state index contributed by atoms with van der Waals surface area (Å²) in [6.45, 7) is -0.556. The van der Waals surface area contributed by atoms with Crippen molar-refractivity contribution in [1.82, 2.24) is 4.98 Å². The van der Waals surface area contributed by atoms with Crippen LogP contribution in [0.15, 0.2) is 47.3 Å². The second kappa shape index (κ2) is 8.84. The van der Waals surface area contributed by atoms with Crippen LogP contribution in [0.1, 0.15) is 10.4 Å². The number of ether oxygens (including phenoxy) is 1. The van der Waals surface area contributed by atoms with Gasteiger partial charge < -0.3 is 14.5 Å². The van der Waals surface area contributed by atoms with Gasteiger partial charge in [0.1, 0.15) is 0 Å². The van der Waals surface area contributed by atoms with Crippen LogP contribution in [0, 0.1) is 0 Å². The lowest BCUT2D eigenvalue weighted by molar-refractivity contribution is -0.119. The van der Waals surface area contributed by atoms with Crippen LogP contribution >= 0.6 is 46.4 Å². The molecule has 3 aromatic rings. The third kappa shape index (κ3) is 4.59. The van der Waals surface area contributed by atoms with E-state index in [4.69, 9.17) is 55.6 Å². The fraction of sp³-hybridized carbons (Fsp3) is 0.0556. The number of carbonyl (C=O) groups is 2. The van der Waals surface area contributed by atoms with Gasteiger partial charge in [0.2, 0.25) is 0 Å². The molecule has 0 unspecified atom stereocenters. The predicted molar refractivity (Wildman–Crippen MR) is 107 cm³/mol. The van der Waals surface area contributed by atoms with Gasteiger partial charge >= 0.3 is 5.97 Å². The maximum absolute atomic E-state index is 12.1. The van der Waals surface area contributed by atoms with E-state index in [0.29, 0.717) is 5.76 Å². The van der Waals surface area contributed by atoms with Gasteiger partial charge in [0, 0.05) is 5.56 Å². The van der Waals surface area contributed by atoms with Crippen molar-refractivity contribution in [2.75, 3.05) is 11.9 Å². The van der Waals surface area contributed by atoms with Gasteiger partial charge in [-0.1, -0.05) is 58.5 Å².